The quantitative estimate of drug-likeness (QED) is 0.823. The SMILES string of the molecule is Cl.Fc1ccc(Cl)cc1N1CCNCC1. The van der Waals surface area contributed by atoms with E-state index in [1.807, 2.05) is 4.90 Å². The monoisotopic (exact) mass is 250 g/mol. The Kier molecular flexibility index (Phi) is 4.64. The van der Waals surface area contributed by atoms with Gasteiger partial charge in [0.1, 0.15) is 5.82 Å². The molecule has 1 aromatic carbocycles. The minimum atomic E-state index is -0.198. The second-order valence-electron chi connectivity index (χ2n) is 3.33. The molecule has 0 aliphatic carbocycles. The van der Waals surface area contributed by atoms with Crippen molar-refractivity contribution >= 4 is 29.7 Å². The molecule has 0 saturated carbocycles. The fourth-order valence-electron chi connectivity index (χ4n) is 1.63. The Labute approximate surface area is 99.8 Å². The van der Waals surface area contributed by atoms with Crippen molar-refractivity contribution in [3.63, 3.8) is 0 Å². The highest BCUT2D eigenvalue weighted by Gasteiger charge is 2.14. The molecule has 2 nitrogen and oxygen atoms in total. The standard InChI is InChI=1S/C10H12ClFN2.ClH/c11-8-1-2-9(12)10(7-8)14-5-3-13-4-6-14;/h1-2,7,13H,3-6H2;1H. The Morgan fingerprint density at radius 3 is 2.60 bits per heavy atom. The van der Waals surface area contributed by atoms with E-state index in [0.29, 0.717) is 10.7 Å². The van der Waals surface area contributed by atoms with Crippen LogP contribution < -0.4 is 10.2 Å². The molecule has 1 aliphatic heterocycles. The highest BCUT2D eigenvalue weighted by Crippen LogP contribution is 2.23. The van der Waals surface area contributed by atoms with Crippen molar-refractivity contribution < 1.29 is 4.39 Å². The van der Waals surface area contributed by atoms with E-state index >= 15 is 0 Å². The van der Waals surface area contributed by atoms with Crippen LogP contribution in [0.15, 0.2) is 18.2 Å². The third kappa shape index (κ3) is 2.97. The lowest BCUT2D eigenvalue weighted by Crippen LogP contribution is -2.43. The van der Waals surface area contributed by atoms with Gasteiger partial charge in [0.2, 0.25) is 0 Å². The lowest BCUT2D eigenvalue weighted by molar-refractivity contribution is 0.566. The summed E-state index contributed by atoms with van der Waals surface area (Å²) in [6.07, 6.45) is 0. The maximum atomic E-state index is 13.4. The van der Waals surface area contributed by atoms with Gasteiger partial charge >= 0.3 is 0 Å². The maximum Gasteiger partial charge on any atom is 0.146 e. The van der Waals surface area contributed by atoms with Gasteiger partial charge in [0.25, 0.3) is 0 Å². The summed E-state index contributed by atoms with van der Waals surface area (Å²) in [6, 6.07) is 4.67. The Morgan fingerprint density at radius 2 is 1.93 bits per heavy atom. The predicted molar refractivity (Wildman–Crippen MR) is 63.7 cm³/mol. The molecule has 0 aromatic heterocycles. The second kappa shape index (κ2) is 5.54. The Hall–Kier alpha value is -0.510. The van der Waals surface area contributed by atoms with Crippen molar-refractivity contribution in [2.75, 3.05) is 31.1 Å². The van der Waals surface area contributed by atoms with Gasteiger partial charge in [-0.2, -0.15) is 0 Å². The normalized spacial score (nSPS) is 16.0. The van der Waals surface area contributed by atoms with Crippen molar-refractivity contribution in [1.82, 2.24) is 5.32 Å². The molecule has 0 unspecified atom stereocenters. The molecule has 0 bridgehead atoms. The van der Waals surface area contributed by atoms with Crippen LogP contribution in [0, 0.1) is 5.82 Å². The van der Waals surface area contributed by atoms with Crippen LogP contribution in [0.1, 0.15) is 0 Å². The topological polar surface area (TPSA) is 15.3 Å². The molecular weight excluding hydrogens is 238 g/mol. The van der Waals surface area contributed by atoms with Crippen LogP contribution in [-0.2, 0) is 0 Å². The molecule has 84 valence electrons. The number of hydrogen-bond donors (Lipinski definition) is 1. The molecule has 0 atom stereocenters. The molecule has 2 rings (SSSR count). The zero-order valence-electron chi connectivity index (χ0n) is 8.17. The maximum absolute atomic E-state index is 13.4. The first-order valence-corrected chi connectivity index (χ1v) is 5.06. The first-order chi connectivity index (χ1) is 6.77. The van der Waals surface area contributed by atoms with Crippen molar-refractivity contribution in [3.05, 3.63) is 29.0 Å². The van der Waals surface area contributed by atoms with E-state index in [1.165, 1.54) is 6.07 Å². The number of rotatable bonds is 1. The van der Waals surface area contributed by atoms with E-state index in [-0.39, 0.29) is 18.2 Å². The molecule has 1 saturated heterocycles. The number of nitrogens with zero attached hydrogens (tertiary/aromatic N) is 1. The van der Waals surface area contributed by atoms with Crippen LogP contribution in [0.4, 0.5) is 10.1 Å². The second-order valence-corrected chi connectivity index (χ2v) is 3.77. The summed E-state index contributed by atoms with van der Waals surface area (Å²) in [7, 11) is 0. The van der Waals surface area contributed by atoms with Gasteiger partial charge in [-0.1, -0.05) is 11.6 Å². The zero-order chi connectivity index (χ0) is 9.97. The van der Waals surface area contributed by atoms with E-state index in [4.69, 9.17) is 11.6 Å². The van der Waals surface area contributed by atoms with E-state index in [2.05, 4.69) is 5.32 Å². The van der Waals surface area contributed by atoms with E-state index in [1.54, 1.807) is 12.1 Å². The first kappa shape index (κ1) is 12.6. The molecule has 1 heterocycles. The van der Waals surface area contributed by atoms with Crippen molar-refractivity contribution in [2.24, 2.45) is 0 Å². The molecule has 1 fully saturated rings. The molecule has 0 amide bonds. The number of nitrogens with one attached hydrogen (secondary N) is 1. The summed E-state index contributed by atoms with van der Waals surface area (Å²) in [4.78, 5) is 2.01. The van der Waals surface area contributed by atoms with Gasteiger partial charge in [-0.15, -0.1) is 12.4 Å². The van der Waals surface area contributed by atoms with Gasteiger partial charge < -0.3 is 10.2 Å². The molecule has 1 aliphatic rings. The van der Waals surface area contributed by atoms with Gasteiger partial charge in [-0.3, -0.25) is 0 Å². The summed E-state index contributed by atoms with van der Waals surface area (Å²) in [6.45, 7) is 3.45. The fourth-order valence-corrected chi connectivity index (χ4v) is 1.80. The number of hydrogen-bond acceptors (Lipinski definition) is 2. The van der Waals surface area contributed by atoms with Crippen LogP contribution in [0.2, 0.25) is 5.02 Å². The molecule has 0 radical (unpaired) electrons. The Balaban J connectivity index is 0.00000112. The molecule has 5 heteroatoms. The zero-order valence-corrected chi connectivity index (χ0v) is 9.74. The summed E-state index contributed by atoms with van der Waals surface area (Å²) >= 11 is 5.83. The van der Waals surface area contributed by atoms with Crippen molar-refractivity contribution in [2.45, 2.75) is 0 Å². The smallest absolute Gasteiger partial charge is 0.146 e. The highest BCUT2D eigenvalue weighted by molar-refractivity contribution is 6.30. The number of halogens is 3. The third-order valence-electron chi connectivity index (χ3n) is 2.37. The molecule has 0 spiro atoms. The number of piperazine rings is 1. The summed E-state index contributed by atoms with van der Waals surface area (Å²) in [5.41, 5.74) is 0.610. The van der Waals surface area contributed by atoms with E-state index in [0.717, 1.165) is 26.2 Å². The minimum absolute atomic E-state index is 0. The fraction of sp³-hybridized carbons (Fsp3) is 0.400. The number of anilines is 1. The van der Waals surface area contributed by atoms with Crippen LogP contribution in [0.5, 0.6) is 0 Å². The molecule has 1 N–H and O–H groups in total. The summed E-state index contributed by atoms with van der Waals surface area (Å²) in [5, 5.41) is 3.80. The molecular formula is C10H13Cl2FN2. The molecule has 1 aromatic rings. The van der Waals surface area contributed by atoms with Crippen LogP contribution >= 0.6 is 24.0 Å². The highest BCUT2D eigenvalue weighted by atomic mass is 35.5. The average Bonchev–Trinajstić information content (AvgIpc) is 2.23. The largest absolute Gasteiger partial charge is 0.367 e. The third-order valence-corrected chi connectivity index (χ3v) is 2.60. The van der Waals surface area contributed by atoms with Gasteiger partial charge in [-0.05, 0) is 18.2 Å². The van der Waals surface area contributed by atoms with Crippen LogP contribution in [-0.4, -0.2) is 26.2 Å². The predicted octanol–water partition coefficient (Wildman–Crippen LogP) is 2.31. The average molecular weight is 251 g/mol. The lowest BCUT2D eigenvalue weighted by Gasteiger charge is -2.29. The summed E-state index contributed by atoms with van der Waals surface area (Å²) in [5.74, 6) is -0.198. The van der Waals surface area contributed by atoms with Gasteiger partial charge in [-0.25, -0.2) is 4.39 Å². The Bertz CT molecular complexity index is 327. The Morgan fingerprint density at radius 1 is 1.27 bits per heavy atom. The molecule has 15 heavy (non-hydrogen) atoms. The van der Waals surface area contributed by atoms with Gasteiger partial charge in [0.15, 0.2) is 0 Å². The van der Waals surface area contributed by atoms with Gasteiger partial charge in [0, 0.05) is 31.2 Å². The van der Waals surface area contributed by atoms with Gasteiger partial charge in [0.05, 0.1) is 5.69 Å². The minimum Gasteiger partial charge on any atom is -0.367 e. The van der Waals surface area contributed by atoms with Crippen LogP contribution in [0.25, 0.3) is 0 Å². The van der Waals surface area contributed by atoms with E-state index < -0.39 is 0 Å². The van der Waals surface area contributed by atoms with E-state index in [9.17, 15) is 4.39 Å². The van der Waals surface area contributed by atoms with Crippen molar-refractivity contribution in [3.8, 4) is 0 Å². The summed E-state index contributed by atoms with van der Waals surface area (Å²) < 4.78 is 13.4. The number of benzene rings is 1. The first-order valence-electron chi connectivity index (χ1n) is 4.68. The lowest BCUT2D eigenvalue weighted by atomic mass is 10.2. The van der Waals surface area contributed by atoms with Crippen LogP contribution in [0.3, 0.4) is 0 Å². The van der Waals surface area contributed by atoms with Crippen molar-refractivity contribution in [1.29, 1.82) is 0 Å².